The molecule has 0 aliphatic carbocycles. The summed E-state index contributed by atoms with van der Waals surface area (Å²) in [6.07, 6.45) is 1.34. The van der Waals surface area contributed by atoms with Gasteiger partial charge in [0.1, 0.15) is 6.61 Å². The second kappa shape index (κ2) is 4.98. The van der Waals surface area contributed by atoms with Crippen molar-refractivity contribution in [2.75, 3.05) is 6.61 Å². The average molecular weight is 146 g/mol. The summed E-state index contributed by atoms with van der Waals surface area (Å²) in [6.45, 7) is 3.27. The Morgan fingerprint density at radius 2 is 2.30 bits per heavy atom. The molecule has 6 heteroatoms. The van der Waals surface area contributed by atoms with E-state index in [1.54, 1.807) is 0 Å². The Morgan fingerprint density at radius 3 is 2.70 bits per heavy atom. The number of hydrogen-bond donors (Lipinski definition) is 2. The van der Waals surface area contributed by atoms with Gasteiger partial charge in [-0.05, 0) is 0 Å². The van der Waals surface area contributed by atoms with Crippen molar-refractivity contribution in [1.82, 2.24) is 0 Å². The summed E-state index contributed by atoms with van der Waals surface area (Å²) in [7, 11) is -2.15. The molecular weight excluding hydrogens is 139 g/mol. The molecule has 0 amide bonds. The van der Waals surface area contributed by atoms with Crippen LogP contribution in [0.25, 0.3) is 0 Å². The van der Waals surface area contributed by atoms with Gasteiger partial charge in [0.15, 0.2) is 0 Å². The van der Waals surface area contributed by atoms with Gasteiger partial charge >= 0.3 is 13.0 Å². The highest BCUT2D eigenvalue weighted by Crippen LogP contribution is 1.84. The molecule has 0 fully saturated rings. The first-order valence-electron chi connectivity index (χ1n) is 2.49. The molecule has 0 aromatic rings. The number of rotatable bonds is 4. The van der Waals surface area contributed by atoms with Crippen LogP contribution >= 0.6 is 0 Å². The van der Waals surface area contributed by atoms with Gasteiger partial charge in [0.2, 0.25) is 0 Å². The van der Waals surface area contributed by atoms with Gasteiger partial charge in [0.25, 0.3) is 0 Å². The first kappa shape index (κ1) is 9.15. The van der Waals surface area contributed by atoms with E-state index < -0.39 is 13.0 Å². The van der Waals surface area contributed by atoms with Crippen LogP contribution in [-0.2, 0) is 9.78 Å². The summed E-state index contributed by atoms with van der Waals surface area (Å²) in [5, 5.41) is 16.2. The maximum Gasteiger partial charge on any atom is 0.583 e. The molecule has 0 aliphatic rings. The Kier molecular flexibility index (Phi) is 4.56. The topological polar surface area (TPSA) is 76.0 Å². The number of carbonyl (C=O) groups excluding carboxylic acids is 1. The molecule has 0 spiro atoms. The minimum absolute atomic E-state index is 0.0124. The van der Waals surface area contributed by atoms with E-state index in [1.807, 2.05) is 0 Å². The molecule has 0 saturated carbocycles. The third kappa shape index (κ3) is 4.08. The molecule has 56 valence electrons. The fourth-order valence-corrected chi connectivity index (χ4v) is 0.183. The molecule has 0 aliphatic heterocycles. The highest BCUT2D eigenvalue weighted by Gasteiger charge is 2.22. The third-order valence-corrected chi connectivity index (χ3v) is 0.538. The second-order valence-electron chi connectivity index (χ2n) is 1.35. The Bertz CT molecular complexity index is 123. The molecule has 0 aromatic heterocycles. The van der Waals surface area contributed by atoms with Gasteiger partial charge in [-0.1, -0.05) is 6.08 Å². The maximum absolute atomic E-state index is 10.1. The van der Waals surface area contributed by atoms with Crippen molar-refractivity contribution in [3.63, 3.8) is 0 Å². The predicted octanol–water partition coefficient (Wildman–Crippen LogP) is -0.705. The molecule has 0 atom stereocenters. The Balaban J connectivity index is 3.30. The van der Waals surface area contributed by atoms with E-state index >= 15 is 0 Å². The first-order valence-corrected chi connectivity index (χ1v) is 2.49. The lowest BCUT2D eigenvalue weighted by atomic mass is 9.93. The minimum atomic E-state index is -2.15. The van der Waals surface area contributed by atoms with Crippen molar-refractivity contribution in [3.05, 3.63) is 12.7 Å². The van der Waals surface area contributed by atoms with Crippen molar-refractivity contribution in [2.24, 2.45) is 0 Å². The van der Waals surface area contributed by atoms with Gasteiger partial charge in [0, 0.05) is 0 Å². The monoisotopic (exact) mass is 146 g/mol. The highest BCUT2D eigenvalue weighted by atomic mass is 17.2. The fraction of sp³-hybridized carbons (Fsp3) is 0.250. The van der Waals surface area contributed by atoms with Crippen LogP contribution in [0.5, 0.6) is 0 Å². The van der Waals surface area contributed by atoms with E-state index in [-0.39, 0.29) is 6.61 Å². The van der Waals surface area contributed by atoms with E-state index in [2.05, 4.69) is 16.4 Å². The fourth-order valence-electron chi connectivity index (χ4n) is 0.183. The summed E-state index contributed by atoms with van der Waals surface area (Å²) in [6, 6.07) is 0. The lowest BCUT2D eigenvalue weighted by Gasteiger charge is -1.98. The standard InChI is InChI=1S/C4H7BO5/c1-2-3-9-10-4(6)5(7)8/h2,7-8H,1,3H2. The first-order chi connectivity index (χ1) is 4.68. The molecule has 0 heterocycles. The van der Waals surface area contributed by atoms with E-state index in [1.165, 1.54) is 6.08 Å². The Labute approximate surface area is 57.9 Å². The SMILES string of the molecule is C=CCOOC(=O)B(O)O. The van der Waals surface area contributed by atoms with Crippen LogP contribution in [-0.4, -0.2) is 29.6 Å². The van der Waals surface area contributed by atoms with Gasteiger partial charge < -0.3 is 14.9 Å². The van der Waals surface area contributed by atoms with Gasteiger partial charge in [0.05, 0.1) is 0 Å². The maximum atomic E-state index is 10.1. The van der Waals surface area contributed by atoms with Crippen LogP contribution in [0, 0.1) is 0 Å². The van der Waals surface area contributed by atoms with Crippen LogP contribution in [0.15, 0.2) is 12.7 Å². The normalized spacial score (nSPS) is 8.60. The van der Waals surface area contributed by atoms with E-state index in [4.69, 9.17) is 10.0 Å². The molecule has 0 rings (SSSR count). The molecule has 0 aromatic carbocycles. The largest absolute Gasteiger partial charge is 0.583 e. The smallest absolute Gasteiger partial charge is 0.418 e. The molecule has 5 nitrogen and oxygen atoms in total. The number of hydrogen-bond acceptors (Lipinski definition) is 5. The summed E-state index contributed by atoms with van der Waals surface area (Å²) in [5.74, 6) is -1.25. The summed E-state index contributed by atoms with van der Waals surface area (Å²) >= 11 is 0. The molecule has 10 heavy (non-hydrogen) atoms. The van der Waals surface area contributed by atoms with E-state index in [0.29, 0.717) is 0 Å². The highest BCUT2D eigenvalue weighted by molar-refractivity contribution is 6.76. The zero-order chi connectivity index (χ0) is 7.98. The average Bonchev–Trinajstić information content (AvgIpc) is 1.88. The van der Waals surface area contributed by atoms with Gasteiger partial charge in [-0.25, -0.2) is 0 Å². The lowest BCUT2D eigenvalue weighted by molar-refractivity contribution is -0.222. The third-order valence-electron chi connectivity index (χ3n) is 0.538. The molecular formula is C4H7BO5. The number of carbonyl (C=O) groups is 1. The van der Waals surface area contributed by atoms with Crippen molar-refractivity contribution < 1.29 is 24.6 Å². The van der Waals surface area contributed by atoms with Crippen LogP contribution in [0.4, 0.5) is 4.79 Å². The van der Waals surface area contributed by atoms with E-state index in [0.717, 1.165) is 0 Å². The van der Waals surface area contributed by atoms with Crippen LogP contribution in [0.3, 0.4) is 0 Å². The molecule has 0 saturated heterocycles. The van der Waals surface area contributed by atoms with Crippen molar-refractivity contribution in [3.8, 4) is 0 Å². The predicted molar refractivity (Wildman–Crippen MR) is 32.8 cm³/mol. The van der Waals surface area contributed by atoms with Crippen LogP contribution < -0.4 is 0 Å². The van der Waals surface area contributed by atoms with Gasteiger partial charge in [-0.2, -0.15) is 4.89 Å². The lowest BCUT2D eigenvalue weighted by Crippen LogP contribution is -2.26. The van der Waals surface area contributed by atoms with Crippen LogP contribution in [0.1, 0.15) is 0 Å². The summed E-state index contributed by atoms with van der Waals surface area (Å²) in [5.41, 5.74) is 0. The van der Waals surface area contributed by atoms with Crippen molar-refractivity contribution in [2.45, 2.75) is 0 Å². The zero-order valence-corrected chi connectivity index (χ0v) is 5.19. The molecule has 0 unspecified atom stereocenters. The van der Waals surface area contributed by atoms with Crippen molar-refractivity contribution >= 4 is 13.0 Å². The minimum Gasteiger partial charge on any atom is -0.418 e. The van der Waals surface area contributed by atoms with Crippen molar-refractivity contribution in [1.29, 1.82) is 0 Å². The Morgan fingerprint density at radius 1 is 1.70 bits per heavy atom. The quantitative estimate of drug-likeness (QED) is 0.180. The molecule has 0 radical (unpaired) electrons. The van der Waals surface area contributed by atoms with Gasteiger partial charge in [-0.3, -0.25) is 4.79 Å². The zero-order valence-electron chi connectivity index (χ0n) is 5.19. The van der Waals surface area contributed by atoms with Gasteiger partial charge in [-0.15, -0.1) is 6.58 Å². The van der Waals surface area contributed by atoms with Crippen LogP contribution in [0.2, 0.25) is 0 Å². The second-order valence-corrected chi connectivity index (χ2v) is 1.35. The summed E-state index contributed by atoms with van der Waals surface area (Å²) < 4.78 is 0. The van der Waals surface area contributed by atoms with E-state index in [9.17, 15) is 4.79 Å². The Hall–Kier alpha value is -0.845. The molecule has 0 bridgehead atoms. The molecule has 2 N–H and O–H groups in total. The summed E-state index contributed by atoms with van der Waals surface area (Å²) in [4.78, 5) is 18.1.